The lowest BCUT2D eigenvalue weighted by Crippen LogP contribution is -2.42. The summed E-state index contributed by atoms with van der Waals surface area (Å²) in [7, 11) is 0. The molecule has 0 aliphatic heterocycles. The molecule has 112 valence electrons. The van der Waals surface area contributed by atoms with Gasteiger partial charge >= 0.3 is 0 Å². The summed E-state index contributed by atoms with van der Waals surface area (Å²) in [5.74, 6) is 0. The van der Waals surface area contributed by atoms with Crippen LogP contribution in [-0.2, 0) is 13.0 Å². The standard InChI is InChI=1S/C18H24N2O/c1-14-7-9-16(10-8-14)12-20-13-18(21)17(19)11-15-5-3-2-4-6-15/h2-10,17-18,20-21H,11-13,19H2,1H3/t17-,18+/m0/s1. The zero-order valence-electron chi connectivity index (χ0n) is 12.5. The molecule has 2 aromatic carbocycles. The number of hydrogen-bond acceptors (Lipinski definition) is 3. The van der Waals surface area contributed by atoms with Crippen molar-refractivity contribution in [3.8, 4) is 0 Å². The molecule has 0 aliphatic carbocycles. The summed E-state index contributed by atoms with van der Waals surface area (Å²) >= 11 is 0. The maximum Gasteiger partial charge on any atom is 0.0818 e. The topological polar surface area (TPSA) is 58.3 Å². The third-order valence-corrected chi connectivity index (χ3v) is 3.61. The van der Waals surface area contributed by atoms with Gasteiger partial charge in [0.15, 0.2) is 0 Å². The minimum atomic E-state index is -0.546. The third-order valence-electron chi connectivity index (χ3n) is 3.61. The summed E-state index contributed by atoms with van der Waals surface area (Å²) < 4.78 is 0. The highest BCUT2D eigenvalue weighted by molar-refractivity contribution is 5.21. The van der Waals surface area contributed by atoms with Gasteiger partial charge in [-0.05, 0) is 24.5 Å². The fraction of sp³-hybridized carbons (Fsp3) is 0.333. The number of aryl methyl sites for hydroxylation is 1. The fourth-order valence-electron chi connectivity index (χ4n) is 2.24. The van der Waals surface area contributed by atoms with E-state index in [0.29, 0.717) is 13.0 Å². The van der Waals surface area contributed by atoms with Gasteiger partial charge in [0.1, 0.15) is 0 Å². The Hall–Kier alpha value is -1.68. The van der Waals surface area contributed by atoms with E-state index in [-0.39, 0.29) is 6.04 Å². The molecule has 0 saturated carbocycles. The van der Waals surface area contributed by atoms with Gasteiger partial charge in [0.25, 0.3) is 0 Å². The van der Waals surface area contributed by atoms with E-state index in [2.05, 4.69) is 36.5 Å². The number of benzene rings is 2. The van der Waals surface area contributed by atoms with Crippen molar-refractivity contribution in [1.29, 1.82) is 0 Å². The van der Waals surface area contributed by atoms with Crippen LogP contribution in [0.5, 0.6) is 0 Å². The number of rotatable bonds is 7. The third kappa shape index (κ3) is 5.31. The Morgan fingerprint density at radius 3 is 2.33 bits per heavy atom. The second-order valence-corrected chi connectivity index (χ2v) is 5.54. The van der Waals surface area contributed by atoms with Gasteiger partial charge in [0.05, 0.1) is 6.10 Å². The van der Waals surface area contributed by atoms with Crippen molar-refractivity contribution in [1.82, 2.24) is 5.32 Å². The zero-order valence-corrected chi connectivity index (χ0v) is 12.5. The SMILES string of the molecule is Cc1ccc(CNC[C@@H](O)[C@@H](N)Cc2ccccc2)cc1. The van der Waals surface area contributed by atoms with Crippen LogP contribution >= 0.6 is 0 Å². The van der Waals surface area contributed by atoms with Gasteiger partial charge in [-0.15, -0.1) is 0 Å². The van der Waals surface area contributed by atoms with Crippen molar-refractivity contribution >= 4 is 0 Å². The molecule has 3 heteroatoms. The second-order valence-electron chi connectivity index (χ2n) is 5.54. The number of aliphatic hydroxyl groups is 1. The van der Waals surface area contributed by atoms with Gasteiger partial charge in [-0.1, -0.05) is 60.2 Å². The van der Waals surface area contributed by atoms with Crippen molar-refractivity contribution in [3.05, 3.63) is 71.3 Å². The predicted molar refractivity (Wildman–Crippen MR) is 87.0 cm³/mol. The molecule has 0 fully saturated rings. The van der Waals surface area contributed by atoms with Crippen molar-refractivity contribution in [2.45, 2.75) is 32.0 Å². The molecule has 0 aromatic heterocycles. The molecule has 0 radical (unpaired) electrons. The van der Waals surface area contributed by atoms with Crippen LogP contribution in [0.4, 0.5) is 0 Å². The van der Waals surface area contributed by atoms with E-state index in [9.17, 15) is 5.11 Å². The van der Waals surface area contributed by atoms with Gasteiger partial charge < -0.3 is 16.2 Å². The first kappa shape index (κ1) is 15.7. The molecule has 0 spiro atoms. The average Bonchev–Trinajstić information content (AvgIpc) is 2.50. The average molecular weight is 284 g/mol. The maximum absolute atomic E-state index is 10.1. The zero-order chi connectivity index (χ0) is 15.1. The quantitative estimate of drug-likeness (QED) is 0.729. The molecule has 0 aliphatic rings. The monoisotopic (exact) mass is 284 g/mol. The first-order valence-electron chi connectivity index (χ1n) is 7.39. The molecule has 0 saturated heterocycles. The van der Waals surface area contributed by atoms with Crippen LogP contribution in [-0.4, -0.2) is 23.8 Å². The number of aliphatic hydroxyl groups excluding tert-OH is 1. The summed E-state index contributed by atoms with van der Waals surface area (Å²) in [6.45, 7) is 3.32. The molecule has 0 heterocycles. The number of nitrogens with one attached hydrogen (secondary N) is 1. The molecule has 0 bridgehead atoms. The van der Waals surface area contributed by atoms with Gasteiger partial charge in [-0.25, -0.2) is 0 Å². The van der Waals surface area contributed by atoms with Gasteiger partial charge in [-0.3, -0.25) is 0 Å². The first-order valence-corrected chi connectivity index (χ1v) is 7.39. The van der Waals surface area contributed by atoms with Crippen LogP contribution in [0.2, 0.25) is 0 Å². The van der Waals surface area contributed by atoms with Crippen LogP contribution < -0.4 is 11.1 Å². The fourth-order valence-corrected chi connectivity index (χ4v) is 2.24. The molecular weight excluding hydrogens is 260 g/mol. The van der Waals surface area contributed by atoms with Crippen LogP contribution in [0.25, 0.3) is 0 Å². The van der Waals surface area contributed by atoms with E-state index in [0.717, 1.165) is 12.1 Å². The Morgan fingerprint density at radius 1 is 1.00 bits per heavy atom. The first-order chi connectivity index (χ1) is 10.1. The largest absolute Gasteiger partial charge is 0.390 e. The van der Waals surface area contributed by atoms with Gasteiger partial charge in [0.2, 0.25) is 0 Å². The van der Waals surface area contributed by atoms with E-state index in [1.165, 1.54) is 11.1 Å². The highest BCUT2D eigenvalue weighted by atomic mass is 16.3. The summed E-state index contributed by atoms with van der Waals surface area (Å²) in [5.41, 5.74) is 9.68. The molecule has 2 atom stereocenters. The second kappa shape index (κ2) is 7.93. The lowest BCUT2D eigenvalue weighted by Gasteiger charge is -2.19. The van der Waals surface area contributed by atoms with Gasteiger partial charge in [0, 0.05) is 19.1 Å². The Morgan fingerprint density at radius 2 is 1.67 bits per heavy atom. The maximum atomic E-state index is 10.1. The summed E-state index contributed by atoms with van der Waals surface area (Å²) in [6, 6.07) is 18.2. The molecular formula is C18H24N2O. The minimum Gasteiger partial charge on any atom is -0.390 e. The van der Waals surface area contributed by atoms with Gasteiger partial charge in [-0.2, -0.15) is 0 Å². The van der Waals surface area contributed by atoms with E-state index < -0.39 is 6.10 Å². The number of nitrogens with two attached hydrogens (primary N) is 1. The van der Waals surface area contributed by atoms with E-state index in [4.69, 9.17) is 5.73 Å². The lowest BCUT2D eigenvalue weighted by molar-refractivity contribution is 0.141. The normalized spacial score (nSPS) is 13.9. The Kier molecular flexibility index (Phi) is 5.93. The van der Waals surface area contributed by atoms with Crippen molar-refractivity contribution in [2.24, 2.45) is 5.73 Å². The molecule has 2 aromatic rings. The highest BCUT2D eigenvalue weighted by Crippen LogP contribution is 2.05. The smallest absolute Gasteiger partial charge is 0.0818 e. The summed E-state index contributed by atoms with van der Waals surface area (Å²) in [5, 5.41) is 13.4. The molecule has 2 rings (SSSR count). The van der Waals surface area contributed by atoms with Crippen LogP contribution in [0.15, 0.2) is 54.6 Å². The van der Waals surface area contributed by atoms with Crippen LogP contribution in [0, 0.1) is 6.92 Å². The van der Waals surface area contributed by atoms with Crippen molar-refractivity contribution < 1.29 is 5.11 Å². The Bertz CT molecular complexity index is 525. The number of hydrogen-bond donors (Lipinski definition) is 3. The highest BCUT2D eigenvalue weighted by Gasteiger charge is 2.14. The molecule has 4 N–H and O–H groups in total. The van der Waals surface area contributed by atoms with Crippen molar-refractivity contribution in [2.75, 3.05) is 6.54 Å². The minimum absolute atomic E-state index is 0.252. The van der Waals surface area contributed by atoms with Crippen LogP contribution in [0.3, 0.4) is 0 Å². The Labute approximate surface area is 126 Å². The molecule has 0 unspecified atom stereocenters. The lowest BCUT2D eigenvalue weighted by atomic mass is 10.0. The predicted octanol–water partition coefficient (Wildman–Crippen LogP) is 2.02. The van der Waals surface area contributed by atoms with Crippen LogP contribution in [0.1, 0.15) is 16.7 Å². The molecule has 3 nitrogen and oxygen atoms in total. The van der Waals surface area contributed by atoms with E-state index >= 15 is 0 Å². The van der Waals surface area contributed by atoms with E-state index in [1.54, 1.807) is 0 Å². The molecule has 0 amide bonds. The summed E-state index contributed by atoms with van der Waals surface area (Å²) in [4.78, 5) is 0. The van der Waals surface area contributed by atoms with E-state index in [1.807, 2.05) is 30.3 Å². The summed E-state index contributed by atoms with van der Waals surface area (Å²) in [6.07, 6.45) is 0.143. The van der Waals surface area contributed by atoms with Crippen molar-refractivity contribution in [3.63, 3.8) is 0 Å². The Balaban J connectivity index is 1.73. The molecule has 21 heavy (non-hydrogen) atoms.